The Morgan fingerprint density at radius 2 is 1.71 bits per heavy atom. The fourth-order valence-corrected chi connectivity index (χ4v) is 2.39. The second kappa shape index (κ2) is 10.7. The third-order valence-electron chi connectivity index (χ3n) is 3.74. The summed E-state index contributed by atoms with van der Waals surface area (Å²) in [6.07, 6.45) is -3.46. The van der Waals surface area contributed by atoms with Gasteiger partial charge in [-0.2, -0.15) is 18.3 Å². The van der Waals surface area contributed by atoms with E-state index in [0.717, 1.165) is 16.5 Å². The van der Waals surface area contributed by atoms with Crippen LogP contribution in [0.3, 0.4) is 0 Å². The highest BCUT2D eigenvalue weighted by Gasteiger charge is 2.28. The normalized spacial score (nSPS) is 11.3. The summed E-state index contributed by atoms with van der Waals surface area (Å²) in [6.45, 7) is 2.06. The van der Waals surface area contributed by atoms with Crippen molar-refractivity contribution in [3.63, 3.8) is 0 Å². The molecule has 0 unspecified atom stereocenters. The van der Waals surface area contributed by atoms with Gasteiger partial charge in [0.05, 0.1) is 12.3 Å². The maximum atomic E-state index is 12.2. The van der Waals surface area contributed by atoms with Crippen molar-refractivity contribution < 1.29 is 37.6 Å². The predicted molar refractivity (Wildman–Crippen MR) is 105 cm³/mol. The van der Waals surface area contributed by atoms with Crippen molar-refractivity contribution in [2.24, 2.45) is 5.10 Å². The molecule has 3 aromatic rings. The number of carbonyl (C=O) groups is 2. The molecule has 162 valence electrons. The number of ether oxygens (including phenoxy) is 1. The lowest BCUT2D eigenvalue weighted by Gasteiger charge is -2.07. The number of nitrogens with zero attached hydrogens (tertiary/aromatic N) is 1. The molecule has 1 aromatic heterocycles. The van der Waals surface area contributed by atoms with Crippen LogP contribution in [0.15, 0.2) is 72.0 Å². The van der Waals surface area contributed by atoms with Crippen LogP contribution in [0.1, 0.15) is 12.6 Å². The van der Waals surface area contributed by atoms with E-state index in [1.165, 1.54) is 0 Å². The fraction of sp³-hybridized carbons (Fsp3) is 0.143. The summed E-state index contributed by atoms with van der Waals surface area (Å²) in [5, 5.41) is 15.2. The molecule has 0 saturated heterocycles. The summed E-state index contributed by atoms with van der Waals surface area (Å²) in [5.41, 5.74) is 4.60. The minimum atomic E-state index is -5.19. The smallest absolute Gasteiger partial charge is 0.430 e. The first kappa shape index (κ1) is 23.3. The fourth-order valence-electron chi connectivity index (χ4n) is 2.39. The van der Waals surface area contributed by atoms with Crippen LogP contribution in [0.2, 0.25) is 0 Å². The summed E-state index contributed by atoms with van der Waals surface area (Å²) in [6, 6.07) is 19.3. The largest absolute Gasteiger partial charge is 0.542 e. The van der Waals surface area contributed by atoms with Crippen molar-refractivity contribution in [2.75, 3.05) is 12.0 Å². The Morgan fingerprint density at radius 3 is 2.32 bits per heavy atom. The number of aromatic nitrogens is 1. The first-order valence-corrected chi connectivity index (χ1v) is 8.98. The highest BCUT2D eigenvalue weighted by Crippen LogP contribution is 2.23. The molecule has 0 bridgehead atoms. The van der Waals surface area contributed by atoms with Crippen LogP contribution in [0.5, 0.6) is 0 Å². The molecule has 0 aliphatic carbocycles. The van der Waals surface area contributed by atoms with E-state index in [1.807, 2.05) is 54.6 Å². The third-order valence-corrected chi connectivity index (χ3v) is 3.74. The number of H-pyrrole nitrogens is 1. The van der Waals surface area contributed by atoms with E-state index >= 15 is 0 Å². The molecule has 0 amide bonds. The second-order valence-electron chi connectivity index (χ2n) is 5.88. The highest BCUT2D eigenvalue weighted by atomic mass is 19.4. The van der Waals surface area contributed by atoms with E-state index in [2.05, 4.69) is 15.5 Å². The zero-order valence-electron chi connectivity index (χ0n) is 16.3. The quantitative estimate of drug-likeness (QED) is 0.378. The zero-order chi connectivity index (χ0) is 22.9. The number of hydrazone groups is 1. The Hall–Kier alpha value is -3.95. The van der Waals surface area contributed by atoms with E-state index in [4.69, 9.17) is 14.6 Å². The molecule has 0 spiro atoms. The Kier molecular flexibility index (Phi) is 8.07. The van der Waals surface area contributed by atoms with Crippen LogP contribution < -0.4 is 15.5 Å². The number of hydrogen-bond acceptors (Lipinski definition) is 6. The second-order valence-corrected chi connectivity index (χ2v) is 5.88. The van der Waals surface area contributed by atoms with Crippen molar-refractivity contribution >= 4 is 34.1 Å². The van der Waals surface area contributed by atoms with Gasteiger partial charge >= 0.3 is 12.1 Å². The molecule has 0 aliphatic heterocycles. The number of nitrogens with one attached hydrogen (secondary N) is 2. The SMILES string of the molecule is CCOC(=O)/C(=N\Nc1cccc2ccccc12)c1cccc[nH+]1.O=C([O-])C(F)(F)F. The number of aliphatic carboxylic acids is 1. The molecule has 7 nitrogen and oxygen atoms in total. The Morgan fingerprint density at radius 1 is 1.06 bits per heavy atom. The minimum absolute atomic E-state index is 0.199. The van der Waals surface area contributed by atoms with Crippen LogP contribution in [0, 0.1) is 0 Å². The Balaban J connectivity index is 0.000000423. The number of aromatic amines is 1. The molecule has 2 N–H and O–H groups in total. The van der Waals surface area contributed by atoms with Crippen LogP contribution in [0.4, 0.5) is 18.9 Å². The predicted octanol–water partition coefficient (Wildman–Crippen LogP) is 2.33. The van der Waals surface area contributed by atoms with Gasteiger partial charge in [0.1, 0.15) is 5.97 Å². The average Bonchev–Trinajstić information content (AvgIpc) is 2.75. The molecule has 0 atom stereocenters. The molecule has 10 heteroatoms. The van der Waals surface area contributed by atoms with E-state index < -0.39 is 18.1 Å². The first-order valence-electron chi connectivity index (χ1n) is 8.98. The van der Waals surface area contributed by atoms with Gasteiger partial charge in [-0.25, -0.2) is 9.78 Å². The molecule has 31 heavy (non-hydrogen) atoms. The lowest BCUT2D eigenvalue weighted by Crippen LogP contribution is -2.37. The number of hydrogen-bond donors (Lipinski definition) is 1. The van der Waals surface area contributed by atoms with Crippen molar-refractivity contribution in [2.45, 2.75) is 13.1 Å². The van der Waals surface area contributed by atoms with Gasteiger partial charge < -0.3 is 14.6 Å². The topological polar surface area (TPSA) is 105 Å². The number of carboxylic acids is 1. The van der Waals surface area contributed by atoms with Crippen molar-refractivity contribution in [3.05, 3.63) is 72.6 Å². The van der Waals surface area contributed by atoms with Gasteiger partial charge in [0, 0.05) is 17.5 Å². The molecule has 3 rings (SSSR count). The maximum absolute atomic E-state index is 12.2. The van der Waals surface area contributed by atoms with E-state index in [0.29, 0.717) is 12.3 Å². The summed E-state index contributed by atoms with van der Waals surface area (Å²) in [4.78, 5) is 24.0. The number of pyridine rings is 1. The maximum Gasteiger partial charge on any atom is 0.430 e. The standard InChI is InChI=1S/C19H17N3O2.C2HF3O2/c1-2-24-19(23)18(17-11-5-6-13-20-17)22-21-16-12-7-9-14-8-3-4-10-15(14)16;3-2(4,5)1(6)7/h3-13,21H,2H2,1H3;(H,6,7)/b22-18-;. The average molecular weight is 433 g/mol. The molecule has 0 fully saturated rings. The molecule has 0 saturated carbocycles. The molecule has 0 radical (unpaired) electrons. The summed E-state index contributed by atoms with van der Waals surface area (Å²) < 4.78 is 36.7. The molecule has 0 aliphatic rings. The molecular weight excluding hydrogens is 415 g/mol. The lowest BCUT2D eigenvalue weighted by molar-refractivity contribution is -0.380. The summed E-state index contributed by atoms with van der Waals surface area (Å²) in [5.74, 6) is -3.49. The number of alkyl halides is 3. The zero-order valence-corrected chi connectivity index (χ0v) is 16.3. The van der Waals surface area contributed by atoms with Gasteiger partial charge in [0.25, 0.3) is 0 Å². The van der Waals surface area contributed by atoms with Gasteiger partial charge in [-0.1, -0.05) is 36.4 Å². The Labute approximate surface area is 175 Å². The monoisotopic (exact) mass is 433 g/mol. The van der Waals surface area contributed by atoms with Crippen LogP contribution in [-0.2, 0) is 14.3 Å². The van der Waals surface area contributed by atoms with Gasteiger partial charge in [-0.3, -0.25) is 5.43 Å². The molecular formula is C21H18F3N3O4. The van der Waals surface area contributed by atoms with Gasteiger partial charge in [0.2, 0.25) is 11.4 Å². The number of esters is 1. The van der Waals surface area contributed by atoms with Crippen LogP contribution in [-0.4, -0.2) is 30.4 Å². The number of benzene rings is 2. The number of anilines is 1. The minimum Gasteiger partial charge on any atom is -0.542 e. The summed E-state index contributed by atoms with van der Waals surface area (Å²) >= 11 is 0. The van der Waals surface area contributed by atoms with Crippen molar-refractivity contribution in [3.8, 4) is 0 Å². The number of rotatable bonds is 5. The van der Waals surface area contributed by atoms with Gasteiger partial charge in [-0.05, 0) is 24.4 Å². The summed E-state index contributed by atoms with van der Waals surface area (Å²) in [7, 11) is 0. The van der Waals surface area contributed by atoms with Crippen molar-refractivity contribution in [1.82, 2.24) is 0 Å². The van der Waals surface area contributed by atoms with Crippen LogP contribution >= 0.6 is 0 Å². The lowest BCUT2D eigenvalue weighted by atomic mass is 10.1. The van der Waals surface area contributed by atoms with Crippen LogP contribution in [0.25, 0.3) is 10.8 Å². The number of halogens is 3. The number of fused-ring (bicyclic) bond motifs is 1. The third kappa shape index (κ3) is 6.81. The van der Waals surface area contributed by atoms with E-state index in [1.54, 1.807) is 19.2 Å². The van der Waals surface area contributed by atoms with Crippen molar-refractivity contribution in [1.29, 1.82) is 0 Å². The van der Waals surface area contributed by atoms with Gasteiger partial charge in [0.15, 0.2) is 6.20 Å². The van der Waals surface area contributed by atoms with E-state index in [-0.39, 0.29) is 5.71 Å². The number of carbonyl (C=O) groups excluding carboxylic acids is 2. The molecule has 2 aromatic carbocycles. The van der Waals surface area contributed by atoms with E-state index in [9.17, 15) is 18.0 Å². The number of carboxylic acid groups (broad SMARTS) is 1. The Bertz CT molecular complexity index is 1060. The highest BCUT2D eigenvalue weighted by molar-refractivity contribution is 6.42. The van der Waals surface area contributed by atoms with Gasteiger partial charge in [-0.15, -0.1) is 0 Å². The molecule has 1 heterocycles. The first-order chi connectivity index (χ1) is 14.7.